The van der Waals surface area contributed by atoms with E-state index in [0.717, 1.165) is 18.2 Å². The Morgan fingerprint density at radius 3 is 2.35 bits per heavy atom. The van der Waals surface area contributed by atoms with Crippen molar-refractivity contribution in [2.45, 2.75) is 44.7 Å². The molecule has 2 atom stereocenters. The van der Waals surface area contributed by atoms with E-state index in [-0.39, 0.29) is 18.7 Å². The second-order valence-corrected chi connectivity index (χ2v) is 6.67. The number of carbonyl (C=O) groups is 1. The van der Waals surface area contributed by atoms with E-state index in [9.17, 15) is 18.0 Å². The van der Waals surface area contributed by atoms with Gasteiger partial charge in [0.05, 0.1) is 5.92 Å². The van der Waals surface area contributed by atoms with Crippen LogP contribution in [0.1, 0.15) is 38.5 Å². The second-order valence-electron chi connectivity index (χ2n) is 6.03. The van der Waals surface area contributed by atoms with Gasteiger partial charge in [-0.25, -0.2) is 0 Å². The fourth-order valence-electron chi connectivity index (χ4n) is 3.28. The molecule has 1 aliphatic carbocycles. The lowest BCUT2D eigenvalue weighted by molar-refractivity contribution is -0.187. The van der Waals surface area contributed by atoms with E-state index in [1.807, 2.05) is 0 Å². The fraction of sp³-hybridized carbons (Fsp3) is 0.929. The smallest absolute Gasteiger partial charge is 0.342 e. The molecule has 0 spiro atoms. The Bertz CT molecular complexity index is 340. The molecule has 0 aromatic rings. The second kappa shape index (κ2) is 6.67. The number of hydrogen-bond acceptors (Lipinski definition) is 1. The van der Waals surface area contributed by atoms with Crippen LogP contribution in [-0.4, -0.2) is 35.4 Å². The third kappa shape index (κ3) is 3.89. The summed E-state index contributed by atoms with van der Waals surface area (Å²) in [6, 6.07) is 0. The quantitative estimate of drug-likeness (QED) is 0.686. The van der Waals surface area contributed by atoms with E-state index >= 15 is 0 Å². The Kier molecular flexibility index (Phi) is 5.37. The molecule has 0 radical (unpaired) electrons. The van der Waals surface area contributed by atoms with Crippen LogP contribution in [0.25, 0.3) is 0 Å². The number of amides is 1. The van der Waals surface area contributed by atoms with Gasteiger partial charge in [0.2, 0.25) is 5.91 Å². The van der Waals surface area contributed by atoms with Gasteiger partial charge in [0, 0.05) is 24.3 Å². The molecule has 0 aromatic carbocycles. The van der Waals surface area contributed by atoms with Gasteiger partial charge < -0.3 is 4.90 Å². The van der Waals surface area contributed by atoms with E-state index in [1.54, 1.807) is 4.90 Å². The van der Waals surface area contributed by atoms with Gasteiger partial charge in [0.15, 0.2) is 0 Å². The summed E-state index contributed by atoms with van der Waals surface area (Å²) in [6.45, 7) is 1.39. The number of likely N-dealkylation sites (tertiary alicyclic amines) is 1. The van der Waals surface area contributed by atoms with Gasteiger partial charge in [-0.15, -0.1) is 0 Å². The first-order valence-corrected chi connectivity index (χ1v) is 8.45. The molecule has 6 heteroatoms. The first kappa shape index (κ1) is 16.1. The normalized spacial score (nSPS) is 29.5. The van der Waals surface area contributed by atoms with E-state index in [2.05, 4.69) is 15.9 Å². The zero-order chi connectivity index (χ0) is 14.8. The zero-order valence-corrected chi connectivity index (χ0v) is 13.0. The molecule has 1 heterocycles. The molecular formula is C14H21BrF3NO. The topological polar surface area (TPSA) is 20.3 Å². The molecule has 2 fully saturated rings. The molecule has 0 aromatic heterocycles. The summed E-state index contributed by atoms with van der Waals surface area (Å²) in [5, 5.41) is 0.939. The molecule has 116 valence electrons. The number of rotatable bonds is 2. The molecule has 20 heavy (non-hydrogen) atoms. The summed E-state index contributed by atoms with van der Waals surface area (Å²) in [5.41, 5.74) is 0. The van der Waals surface area contributed by atoms with Crippen molar-refractivity contribution in [2.75, 3.05) is 18.4 Å². The van der Waals surface area contributed by atoms with Crippen molar-refractivity contribution in [1.82, 2.24) is 4.90 Å². The minimum absolute atomic E-state index is 0.0132. The lowest BCUT2D eigenvalue weighted by atomic mass is 9.80. The van der Waals surface area contributed by atoms with Gasteiger partial charge in [0.25, 0.3) is 0 Å². The summed E-state index contributed by atoms with van der Waals surface area (Å²) >= 11 is 3.45. The number of halogens is 4. The monoisotopic (exact) mass is 355 g/mol. The Hall–Kier alpha value is -0.260. The lowest BCUT2D eigenvalue weighted by Gasteiger charge is -2.36. The average molecular weight is 356 g/mol. The first-order valence-electron chi connectivity index (χ1n) is 7.33. The summed E-state index contributed by atoms with van der Waals surface area (Å²) in [5.74, 6) is -1.17. The zero-order valence-electron chi connectivity index (χ0n) is 11.5. The molecule has 1 saturated carbocycles. The highest BCUT2D eigenvalue weighted by Crippen LogP contribution is 2.40. The van der Waals surface area contributed by atoms with Crippen molar-refractivity contribution >= 4 is 21.8 Å². The minimum Gasteiger partial charge on any atom is -0.342 e. The molecular weight excluding hydrogens is 335 g/mol. The third-order valence-electron chi connectivity index (χ3n) is 4.63. The summed E-state index contributed by atoms with van der Waals surface area (Å²) < 4.78 is 38.4. The van der Waals surface area contributed by atoms with E-state index in [4.69, 9.17) is 0 Å². The summed E-state index contributed by atoms with van der Waals surface area (Å²) in [6.07, 6.45) is -0.956. The molecule has 2 rings (SSSR count). The van der Waals surface area contributed by atoms with Gasteiger partial charge in [-0.1, -0.05) is 22.4 Å². The maximum absolute atomic E-state index is 12.8. The molecule has 1 aliphatic heterocycles. The third-order valence-corrected chi connectivity index (χ3v) is 5.55. The maximum atomic E-state index is 12.8. The summed E-state index contributed by atoms with van der Waals surface area (Å²) in [4.78, 5) is 14.1. The Morgan fingerprint density at radius 1 is 1.15 bits per heavy atom. The maximum Gasteiger partial charge on any atom is 0.391 e. The molecule has 1 amide bonds. The van der Waals surface area contributed by atoms with E-state index in [0.29, 0.717) is 31.8 Å². The molecule has 2 nitrogen and oxygen atoms in total. The van der Waals surface area contributed by atoms with Crippen LogP contribution in [0.5, 0.6) is 0 Å². The van der Waals surface area contributed by atoms with E-state index < -0.39 is 18.0 Å². The van der Waals surface area contributed by atoms with Crippen LogP contribution in [0.3, 0.4) is 0 Å². The highest BCUT2D eigenvalue weighted by molar-refractivity contribution is 9.09. The van der Waals surface area contributed by atoms with Crippen LogP contribution in [0, 0.1) is 17.8 Å². The van der Waals surface area contributed by atoms with Crippen molar-refractivity contribution in [1.29, 1.82) is 0 Å². The highest BCUT2D eigenvalue weighted by atomic mass is 79.9. The fourth-order valence-corrected chi connectivity index (χ4v) is 3.92. The molecule has 2 aliphatic rings. The number of nitrogens with zero attached hydrogens (tertiary/aromatic N) is 1. The number of hydrogen-bond donors (Lipinski definition) is 0. The van der Waals surface area contributed by atoms with Crippen molar-refractivity contribution in [2.24, 2.45) is 17.8 Å². The van der Waals surface area contributed by atoms with Gasteiger partial charge >= 0.3 is 6.18 Å². The average Bonchev–Trinajstić information content (AvgIpc) is 2.46. The van der Waals surface area contributed by atoms with Crippen molar-refractivity contribution in [3.05, 3.63) is 0 Å². The summed E-state index contributed by atoms with van der Waals surface area (Å²) in [7, 11) is 0. The van der Waals surface area contributed by atoms with Crippen molar-refractivity contribution < 1.29 is 18.0 Å². The number of alkyl halides is 4. The molecule has 2 unspecified atom stereocenters. The van der Waals surface area contributed by atoms with Crippen molar-refractivity contribution in [3.63, 3.8) is 0 Å². The molecule has 0 N–H and O–H groups in total. The van der Waals surface area contributed by atoms with Crippen LogP contribution in [0.4, 0.5) is 13.2 Å². The Morgan fingerprint density at radius 2 is 1.80 bits per heavy atom. The largest absolute Gasteiger partial charge is 0.391 e. The Balaban J connectivity index is 1.89. The van der Waals surface area contributed by atoms with Gasteiger partial charge in [-0.3, -0.25) is 4.79 Å². The predicted molar refractivity (Wildman–Crippen MR) is 74.6 cm³/mol. The highest BCUT2D eigenvalue weighted by Gasteiger charge is 2.44. The first-order chi connectivity index (χ1) is 9.41. The van der Waals surface area contributed by atoms with Crippen LogP contribution < -0.4 is 0 Å². The Labute approximate surface area is 126 Å². The SMILES string of the molecule is O=C(C1CCCC(C(F)(F)F)C1)N1CCC(CBr)CC1. The van der Waals surface area contributed by atoms with Crippen LogP contribution in [-0.2, 0) is 4.79 Å². The minimum atomic E-state index is -4.15. The molecule has 1 saturated heterocycles. The van der Waals surface area contributed by atoms with Gasteiger partial charge in [-0.2, -0.15) is 13.2 Å². The predicted octanol–water partition coefficient (Wildman–Crippen LogP) is 3.99. The standard InChI is InChI=1S/C14H21BrF3NO/c15-9-10-4-6-19(7-5-10)13(20)11-2-1-3-12(8-11)14(16,17)18/h10-12H,1-9H2. The van der Waals surface area contributed by atoms with Crippen molar-refractivity contribution in [3.8, 4) is 0 Å². The van der Waals surface area contributed by atoms with Crippen LogP contribution >= 0.6 is 15.9 Å². The lowest BCUT2D eigenvalue weighted by Crippen LogP contribution is -2.44. The van der Waals surface area contributed by atoms with Gasteiger partial charge in [0.1, 0.15) is 0 Å². The van der Waals surface area contributed by atoms with E-state index in [1.165, 1.54) is 0 Å². The van der Waals surface area contributed by atoms with Crippen LogP contribution in [0.15, 0.2) is 0 Å². The number of piperidine rings is 1. The number of carbonyl (C=O) groups excluding carboxylic acids is 1. The molecule has 0 bridgehead atoms. The van der Waals surface area contributed by atoms with Gasteiger partial charge in [-0.05, 0) is 38.0 Å². The van der Waals surface area contributed by atoms with Crippen LogP contribution in [0.2, 0.25) is 0 Å².